The molecule has 1 aliphatic heterocycles. The number of amides is 1. The van der Waals surface area contributed by atoms with Crippen LogP contribution in [0.15, 0.2) is 24.5 Å². The average Bonchev–Trinajstić information content (AvgIpc) is 2.93. The molecule has 4 nitrogen and oxygen atoms in total. The van der Waals surface area contributed by atoms with E-state index in [9.17, 15) is 4.79 Å². The molecule has 1 fully saturated rings. The molecule has 0 aromatic carbocycles. The number of ether oxygens (including phenoxy) is 1. The van der Waals surface area contributed by atoms with Gasteiger partial charge in [0.25, 0.3) is 0 Å². The van der Waals surface area contributed by atoms with Crippen molar-refractivity contribution in [3.05, 3.63) is 30.1 Å². The Labute approximate surface area is 121 Å². The van der Waals surface area contributed by atoms with Crippen molar-refractivity contribution in [2.45, 2.75) is 51.7 Å². The first-order chi connectivity index (χ1) is 9.68. The summed E-state index contributed by atoms with van der Waals surface area (Å²) in [6.45, 7) is 5.57. The van der Waals surface area contributed by atoms with Gasteiger partial charge in [-0.2, -0.15) is 0 Å². The molecule has 0 aliphatic carbocycles. The summed E-state index contributed by atoms with van der Waals surface area (Å²) in [5.41, 5.74) is 1.20. The van der Waals surface area contributed by atoms with Gasteiger partial charge < -0.3 is 9.64 Å². The molecule has 0 unspecified atom stereocenters. The van der Waals surface area contributed by atoms with Crippen LogP contribution in [0.1, 0.15) is 51.1 Å². The Balaban J connectivity index is 1.86. The third kappa shape index (κ3) is 4.04. The fourth-order valence-corrected chi connectivity index (χ4v) is 2.68. The van der Waals surface area contributed by atoms with Gasteiger partial charge >= 0.3 is 0 Å². The molecule has 20 heavy (non-hydrogen) atoms. The van der Waals surface area contributed by atoms with Gasteiger partial charge in [-0.05, 0) is 50.8 Å². The standard InChI is InChI=1S/C16H24N2O2/c1-13(2)20-12-4-6-16(19)18-11-3-5-15(18)14-7-9-17-10-8-14/h7-10,13,15H,3-6,11-12H2,1-2H3/t15-/m1/s1. The molecular formula is C16H24N2O2. The predicted molar refractivity (Wildman–Crippen MR) is 78.2 cm³/mol. The Morgan fingerprint density at radius 3 is 2.90 bits per heavy atom. The molecule has 0 bridgehead atoms. The Morgan fingerprint density at radius 2 is 2.20 bits per heavy atom. The number of likely N-dealkylation sites (tertiary alicyclic amines) is 1. The average molecular weight is 276 g/mol. The molecule has 110 valence electrons. The number of carbonyl (C=O) groups excluding carboxylic acids is 1. The van der Waals surface area contributed by atoms with E-state index in [-0.39, 0.29) is 18.1 Å². The molecule has 2 rings (SSSR count). The molecule has 1 saturated heterocycles. The van der Waals surface area contributed by atoms with Crippen LogP contribution in [0.5, 0.6) is 0 Å². The normalized spacial score (nSPS) is 18.8. The summed E-state index contributed by atoms with van der Waals surface area (Å²) in [5, 5.41) is 0. The second-order valence-electron chi connectivity index (χ2n) is 5.55. The van der Waals surface area contributed by atoms with Gasteiger partial charge in [0, 0.05) is 32.0 Å². The first kappa shape index (κ1) is 15.0. The molecule has 1 aliphatic rings. The van der Waals surface area contributed by atoms with Crippen molar-refractivity contribution < 1.29 is 9.53 Å². The van der Waals surface area contributed by atoms with E-state index in [1.165, 1.54) is 5.56 Å². The third-order valence-corrected chi connectivity index (χ3v) is 3.65. The highest BCUT2D eigenvalue weighted by atomic mass is 16.5. The topological polar surface area (TPSA) is 42.4 Å². The maximum atomic E-state index is 12.3. The minimum atomic E-state index is 0.233. The van der Waals surface area contributed by atoms with Crippen LogP contribution in [0.25, 0.3) is 0 Å². The summed E-state index contributed by atoms with van der Waals surface area (Å²) in [4.78, 5) is 18.4. The summed E-state index contributed by atoms with van der Waals surface area (Å²) in [6.07, 6.45) is 7.35. The van der Waals surface area contributed by atoms with Crippen molar-refractivity contribution in [1.29, 1.82) is 0 Å². The number of pyridine rings is 1. The highest BCUT2D eigenvalue weighted by Gasteiger charge is 2.29. The van der Waals surface area contributed by atoms with Gasteiger partial charge in [-0.25, -0.2) is 0 Å². The summed E-state index contributed by atoms with van der Waals surface area (Å²) in [6, 6.07) is 4.26. The number of hydrogen-bond donors (Lipinski definition) is 0. The fourth-order valence-electron chi connectivity index (χ4n) is 2.68. The van der Waals surface area contributed by atoms with Crippen LogP contribution in [0.4, 0.5) is 0 Å². The van der Waals surface area contributed by atoms with Crippen LogP contribution in [-0.2, 0) is 9.53 Å². The number of carbonyl (C=O) groups is 1. The maximum absolute atomic E-state index is 12.3. The lowest BCUT2D eigenvalue weighted by Gasteiger charge is -2.25. The van der Waals surface area contributed by atoms with E-state index in [0.29, 0.717) is 13.0 Å². The van der Waals surface area contributed by atoms with E-state index in [4.69, 9.17) is 4.74 Å². The van der Waals surface area contributed by atoms with Gasteiger partial charge in [-0.15, -0.1) is 0 Å². The van der Waals surface area contributed by atoms with Gasteiger partial charge in [-0.3, -0.25) is 9.78 Å². The number of rotatable bonds is 6. The Hall–Kier alpha value is -1.42. The molecular weight excluding hydrogens is 252 g/mol. The smallest absolute Gasteiger partial charge is 0.223 e. The van der Waals surface area contributed by atoms with Crippen molar-refractivity contribution >= 4 is 5.91 Å². The van der Waals surface area contributed by atoms with Crippen molar-refractivity contribution in [2.75, 3.05) is 13.2 Å². The Bertz CT molecular complexity index is 420. The second kappa shape index (κ2) is 7.39. The molecule has 0 saturated carbocycles. The van der Waals surface area contributed by atoms with Gasteiger partial charge in [0.2, 0.25) is 5.91 Å². The lowest BCUT2D eigenvalue weighted by molar-refractivity contribution is -0.132. The van der Waals surface area contributed by atoms with Crippen LogP contribution in [-0.4, -0.2) is 35.0 Å². The highest BCUT2D eigenvalue weighted by Crippen LogP contribution is 2.32. The minimum Gasteiger partial charge on any atom is -0.379 e. The van der Waals surface area contributed by atoms with Crippen LogP contribution < -0.4 is 0 Å². The third-order valence-electron chi connectivity index (χ3n) is 3.65. The van der Waals surface area contributed by atoms with Crippen LogP contribution >= 0.6 is 0 Å². The Morgan fingerprint density at radius 1 is 1.45 bits per heavy atom. The number of hydrogen-bond acceptors (Lipinski definition) is 3. The van der Waals surface area contributed by atoms with Gasteiger partial charge in [0.1, 0.15) is 0 Å². The molecule has 0 spiro atoms. The van der Waals surface area contributed by atoms with Gasteiger partial charge in [0.15, 0.2) is 0 Å². The lowest BCUT2D eigenvalue weighted by atomic mass is 10.1. The zero-order valence-electron chi connectivity index (χ0n) is 12.4. The van der Waals surface area contributed by atoms with Crippen molar-refractivity contribution in [1.82, 2.24) is 9.88 Å². The number of aromatic nitrogens is 1. The summed E-state index contributed by atoms with van der Waals surface area (Å²) >= 11 is 0. The van der Waals surface area contributed by atoms with Crippen molar-refractivity contribution in [3.63, 3.8) is 0 Å². The number of nitrogens with zero attached hydrogens (tertiary/aromatic N) is 2. The van der Waals surface area contributed by atoms with E-state index in [1.807, 2.05) is 30.9 Å². The maximum Gasteiger partial charge on any atom is 0.223 e. The van der Waals surface area contributed by atoms with E-state index in [1.54, 1.807) is 12.4 Å². The molecule has 2 heterocycles. The Kier molecular flexibility index (Phi) is 5.53. The monoisotopic (exact) mass is 276 g/mol. The van der Waals surface area contributed by atoms with E-state index >= 15 is 0 Å². The highest BCUT2D eigenvalue weighted by molar-refractivity contribution is 5.77. The molecule has 1 aromatic rings. The molecule has 1 amide bonds. The van der Waals surface area contributed by atoms with Crippen LogP contribution in [0, 0.1) is 0 Å². The quantitative estimate of drug-likeness (QED) is 0.750. The summed E-state index contributed by atoms with van der Waals surface area (Å²) in [7, 11) is 0. The SMILES string of the molecule is CC(C)OCCCC(=O)N1CCC[C@@H]1c1ccncc1. The predicted octanol–water partition coefficient (Wildman–Crippen LogP) is 2.95. The lowest BCUT2D eigenvalue weighted by Crippen LogP contribution is -2.30. The van der Waals surface area contributed by atoms with Gasteiger partial charge in [-0.1, -0.05) is 0 Å². The zero-order chi connectivity index (χ0) is 14.4. The first-order valence-corrected chi connectivity index (χ1v) is 7.49. The molecule has 4 heteroatoms. The van der Waals surface area contributed by atoms with Crippen molar-refractivity contribution in [3.8, 4) is 0 Å². The van der Waals surface area contributed by atoms with Gasteiger partial charge in [0.05, 0.1) is 12.1 Å². The minimum absolute atomic E-state index is 0.233. The summed E-state index contributed by atoms with van der Waals surface area (Å²) < 4.78 is 5.49. The largest absolute Gasteiger partial charge is 0.379 e. The molecule has 1 atom stereocenters. The van der Waals surface area contributed by atoms with E-state index < -0.39 is 0 Å². The summed E-state index contributed by atoms with van der Waals surface area (Å²) in [5.74, 6) is 0.247. The first-order valence-electron chi connectivity index (χ1n) is 7.49. The molecule has 0 radical (unpaired) electrons. The van der Waals surface area contributed by atoms with Crippen LogP contribution in [0.2, 0.25) is 0 Å². The molecule has 0 N–H and O–H groups in total. The van der Waals surface area contributed by atoms with Crippen molar-refractivity contribution in [2.24, 2.45) is 0 Å². The zero-order valence-corrected chi connectivity index (χ0v) is 12.4. The van der Waals surface area contributed by atoms with E-state index in [0.717, 1.165) is 25.8 Å². The fraction of sp³-hybridized carbons (Fsp3) is 0.625. The second-order valence-corrected chi connectivity index (χ2v) is 5.55. The van der Waals surface area contributed by atoms with Crippen LogP contribution in [0.3, 0.4) is 0 Å². The molecule has 1 aromatic heterocycles. The van der Waals surface area contributed by atoms with E-state index in [2.05, 4.69) is 4.98 Å².